The third-order valence-corrected chi connectivity index (χ3v) is 4.89. The molecule has 0 aliphatic rings. The lowest BCUT2D eigenvalue weighted by Gasteiger charge is -2.22. The van der Waals surface area contributed by atoms with Crippen LogP contribution in [0.15, 0.2) is 48.5 Å². The third kappa shape index (κ3) is 5.71. The van der Waals surface area contributed by atoms with Crippen LogP contribution in [0.4, 0.5) is 11.4 Å². The molecule has 0 aliphatic carbocycles. The first-order valence-electron chi connectivity index (χ1n) is 8.61. The molecule has 3 N–H and O–H groups in total. The summed E-state index contributed by atoms with van der Waals surface area (Å²) in [5, 5.41) is 2.53. The van der Waals surface area contributed by atoms with E-state index in [1.54, 1.807) is 36.4 Å². The number of nitrogens with two attached hydrogens (primary N) is 1. The van der Waals surface area contributed by atoms with Crippen LogP contribution in [0.2, 0.25) is 0 Å². The minimum atomic E-state index is -3.72. The summed E-state index contributed by atoms with van der Waals surface area (Å²) in [5.74, 6) is -0.692. The molecule has 0 bridgehead atoms. The number of hydrogen-bond donors (Lipinski definition) is 2. The molecule has 0 aromatic heterocycles. The smallest absolute Gasteiger partial charge is 0.250 e. The molecule has 2 amide bonds. The summed E-state index contributed by atoms with van der Waals surface area (Å²) >= 11 is 0. The van der Waals surface area contributed by atoms with Crippen molar-refractivity contribution < 1.29 is 22.7 Å². The Morgan fingerprint density at radius 1 is 1.11 bits per heavy atom. The summed E-state index contributed by atoms with van der Waals surface area (Å²) in [7, 11) is -3.72. The average Bonchev–Trinajstić information content (AvgIpc) is 2.64. The number of carbonyl (C=O) groups is 2. The van der Waals surface area contributed by atoms with E-state index in [1.807, 2.05) is 6.92 Å². The van der Waals surface area contributed by atoms with Gasteiger partial charge in [-0.1, -0.05) is 19.1 Å². The predicted octanol–water partition coefficient (Wildman–Crippen LogP) is 1.98. The van der Waals surface area contributed by atoms with Crippen molar-refractivity contribution in [2.75, 3.05) is 29.0 Å². The number of para-hydroxylation sites is 1. The van der Waals surface area contributed by atoms with Crippen molar-refractivity contribution in [1.82, 2.24) is 0 Å². The summed E-state index contributed by atoms with van der Waals surface area (Å²) in [6.07, 6.45) is 1.86. The molecular weight excluding hydrogens is 382 g/mol. The van der Waals surface area contributed by atoms with Crippen LogP contribution in [0, 0.1) is 0 Å². The Labute approximate surface area is 164 Å². The lowest BCUT2D eigenvalue weighted by molar-refractivity contribution is -0.114. The number of ether oxygens (including phenoxy) is 1. The Morgan fingerprint density at radius 3 is 2.32 bits per heavy atom. The zero-order valence-electron chi connectivity index (χ0n) is 15.7. The summed E-state index contributed by atoms with van der Waals surface area (Å²) in [5.41, 5.74) is 5.97. The van der Waals surface area contributed by atoms with Gasteiger partial charge < -0.3 is 15.8 Å². The van der Waals surface area contributed by atoms with Crippen molar-refractivity contribution in [3.8, 4) is 5.75 Å². The first kappa shape index (κ1) is 21.2. The molecule has 9 heteroatoms. The Kier molecular flexibility index (Phi) is 7.00. The molecule has 0 saturated heterocycles. The maximum absolute atomic E-state index is 12.4. The fraction of sp³-hybridized carbons (Fsp3) is 0.263. The number of carbonyl (C=O) groups excluding carboxylic acids is 2. The molecule has 2 aromatic rings. The molecule has 28 heavy (non-hydrogen) atoms. The van der Waals surface area contributed by atoms with Gasteiger partial charge in [0.1, 0.15) is 12.3 Å². The van der Waals surface area contributed by atoms with Gasteiger partial charge in [0.05, 0.1) is 29.8 Å². The molecule has 2 rings (SSSR count). The van der Waals surface area contributed by atoms with Crippen LogP contribution < -0.4 is 20.1 Å². The van der Waals surface area contributed by atoms with Gasteiger partial charge in [0, 0.05) is 0 Å². The van der Waals surface area contributed by atoms with Crippen molar-refractivity contribution in [2.24, 2.45) is 5.73 Å². The van der Waals surface area contributed by atoms with Gasteiger partial charge >= 0.3 is 0 Å². The maximum Gasteiger partial charge on any atom is 0.250 e. The van der Waals surface area contributed by atoms with Crippen LogP contribution in [0.25, 0.3) is 0 Å². The van der Waals surface area contributed by atoms with Crippen LogP contribution in [0.1, 0.15) is 23.7 Å². The van der Waals surface area contributed by atoms with Crippen LogP contribution in [0.3, 0.4) is 0 Å². The quantitative estimate of drug-likeness (QED) is 0.661. The number of hydrogen-bond acceptors (Lipinski definition) is 5. The number of nitrogens with one attached hydrogen (secondary N) is 1. The van der Waals surface area contributed by atoms with E-state index in [0.717, 1.165) is 17.0 Å². The molecule has 0 radical (unpaired) electrons. The molecule has 0 saturated carbocycles. The molecule has 0 unspecified atom stereocenters. The van der Waals surface area contributed by atoms with Crippen LogP contribution in [-0.2, 0) is 14.8 Å². The van der Waals surface area contributed by atoms with E-state index >= 15 is 0 Å². The molecule has 0 fully saturated rings. The molecule has 0 spiro atoms. The number of rotatable bonds is 9. The highest BCUT2D eigenvalue weighted by atomic mass is 32.2. The number of benzene rings is 2. The van der Waals surface area contributed by atoms with Crippen molar-refractivity contribution in [3.63, 3.8) is 0 Å². The highest BCUT2D eigenvalue weighted by Gasteiger charge is 2.21. The van der Waals surface area contributed by atoms with Gasteiger partial charge in [-0.25, -0.2) is 8.42 Å². The zero-order chi connectivity index (χ0) is 20.7. The minimum Gasteiger partial charge on any atom is -0.494 e. The molecule has 0 heterocycles. The number of anilines is 2. The Hall–Kier alpha value is -3.07. The Balaban J connectivity index is 2.19. The fourth-order valence-corrected chi connectivity index (χ4v) is 3.31. The summed E-state index contributed by atoms with van der Waals surface area (Å²) in [6.45, 7) is 2.08. The van der Waals surface area contributed by atoms with E-state index in [0.29, 0.717) is 18.0 Å². The maximum atomic E-state index is 12.4. The lowest BCUT2D eigenvalue weighted by atomic mass is 10.1. The summed E-state index contributed by atoms with van der Waals surface area (Å²) in [6, 6.07) is 12.6. The molecule has 8 nitrogen and oxygen atoms in total. The van der Waals surface area contributed by atoms with E-state index in [9.17, 15) is 18.0 Å². The normalized spacial score (nSPS) is 10.9. The second kappa shape index (κ2) is 9.23. The average molecular weight is 405 g/mol. The first-order chi connectivity index (χ1) is 13.2. The Morgan fingerprint density at radius 2 is 1.75 bits per heavy atom. The highest BCUT2D eigenvalue weighted by Crippen LogP contribution is 2.22. The third-order valence-electron chi connectivity index (χ3n) is 3.75. The van der Waals surface area contributed by atoms with Gasteiger partial charge in [0.25, 0.3) is 5.91 Å². The highest BCUT2D eigenvalue weighted by molar-refractivity contribution is 7.92. The minimum absolute atomic E-state index is 0.138. The molecule has 2 aromatic carbocycles. The molecule has 0 aliphatic heterocycles. The monoisotopic (exact) mass is 405 g/mol. The standard InChI is InChI=1S/C19H23N3O5S/c1-3-12-27-15-10-8-14(9-11-15)22(28(2,25)26)13-18(23)21-17-7-5-4-6-16(17)19(20)24/h4-11H,3,12-13H2,1-2H3,(H2,20,24)(H,21,23). The predicted molar refractivity (Wildman–Crippen MR) is 108 cm³/mol. The van der Waals surface area contributed by atoms with Crippen molar-refractivity contribution >= 4 is 33.2 Å². The van der Waals surface area contributed by atoms with Gasteiger partial charge in [-0.15, -0.1) is 0 Å². The molecule has 0 atom stereocenters. The SMILES string of the molecule is CCCOc1ccc(N(CC(=O)Nc2ccccc2C(N)=O)S(C)(=O)=O)cc1. The van der Waals surface area contributed by atoms with Gasteiger partial charge in [0.2, 0.25) is 15.9 Å². The summed E-state index contributed by atoms with van der Waals surface area (Å²) < 4.78 is 30.8. The van der Waals surface area contributed by atoms with Crippen LogP contribution in [0.5, 0.6) is 5.75 Å². The molecular formula is C19H23N3O5S. The van der Waals surface area contributed by atoms with Crippen molar-refractivity contribution in [2.45, 2.75) is 13.3 Å². The van der Waals surface area contributed by atoms with Crippen LogP contribution >= 0.6 is 0 Å². The van der Waals surface area contributed by atoms with Gasteiger partial charge in [-0.2, -0.15) is 0 Å². The van der Waals surface area contributed by atoms with Gasteiger partial charge in [0.15, 0.2) is 0 Å². The number of nitrogens with zero attached hydrogens (tertiary/aromatic N) is 1. The zero-order valence-corrected chi connectivity index (χ0v) is 16.5. The topological polar surface area (TPSA) is 119 Å². The number of amides is 2. The fourth-order valence-electron chi connectivity index (χ4n) is 2.46. The van der Waals surface area contributed by atoms with E-state index in [2.05, 4.69) is 5.32 Å². The summed E-state index contributed by atoms with van der Waals surface area (Å²) in [4.78, 5) is 23.9. The van der Waals surface area contributed by atoms with E-state index < -0.39 is 28.4 Å². The van der Waals surface area contributed by atoms with Crippen molar-refractivity contribution in [3.05, 3.63) is 54.1 Å². The van der Waals surface area contributed by atoms with Gasteiger partial charge in [-0.05, 0) is 42.8 Å². The molecule has 150 valence electrons. The first-order valence-corrected chi connectivity index (χ1v) is 10.5. The van der Waals surface area contributed by atoms with Crippen LogP contribution in [-0.4, -0.2) is 39.6 Å². The number of sulfonamides is 1. The van der Waals surface area contributed by atoms with E-state index in [1.165, 1.54) is 12.1 Å². The second-order valence-corrected chi connectivity index (χ2v) is 7.98. The largest absolute Gasteiger partial charge is 0.494 e. The number of primary amides is 1. The van der Waals surface area contributed by atoms with Crippen molar-refractivity contribution in [1.29, 1.82) is 0 Å². The second-order valence-electron chi connectivity index (χ2n) is 6.07. The lowest BCUT2D eigenvalue weighted by Crippen LogP contribution is -2.37. The van der Waals surface area contributed by atoms with E-state index in [4.69, 9.17) is 10.5 Å². The van der Waals surface area contributed by atoms with E-state index in [-0.39, 0.29) is 11.3 Å². The van der Waals surface area contributed by atoms with Gasteiger partial charge in [-0.3, -0.25) is 13.9 Å². The Bertz CT molecular complexity index is 942.